The molecule has 2 aromatic rings. The average molecular weight is 217 g/mol. The lowest BCUT2D eigenvalue weighted by molar-refractivity contribution is 0.391. The van der Waals surface area contributed by atoms with Crippen LogP contribution in [-0.4, -0.2) is 5.16 Å². The van der Waals surface area contributed by atoms with Crippen LogP contribution in [0.1, 0.15) is 35.3 Å². The van der Waals surface area contributed by atoms with Gasteiger partial charge in [-0.05, 0) is 25.0 Å². The van der Waals surface area contributed by atoms with Gasteiger partial charge in [-0.1, -0.05) is 31.2 Å². The molecule has 0 aliphatic heterocycles. The van der Waals surface area contributed by atoms with Gasteiger partial charge in [0.05, 0.1) is 5.56 Å². The number of hydrogen-bond donors (Lipinski definition) is 1. The lowest BCUT2D eigenvalue weighted by Crippen LogP contribution is -2.11. The smallest absolute Gasteiger partial charge is 0.283 e. The van der Waals surface area contributed by atoms with Gasteiger partial charge in [0.25, 0.3) is 5.56 Å². The lowest BCUT2D eigenvalue weighted by Gasteiger charge is -2.12. The minimum Gasteiger partial charge on any atom is -0.384 e. The highest BCUT2D eigenvalue weighted by Gasteiger charge is 2.18. The van der Waals surface area contributed by atoms with E-state index in [0.29, 0.717) is 11.3 Å². The third-order valence-corrected chi connectivity index (χ3v) is 3.01. The third kappa shape index (κ3) is 1.69. The number of benzene rings is 1. The first-order valence-corrected chi connectivity index (χ1v) is 5.34. The first-order valence-electron chi connectivity index (χ1n) is 5.34. The van der Waals surface area contributed by atoms with E-state index in [4.69, 9.17) is 4.52 Å². The molecule has 0 fully saturated rings. The second kappa shape index (κ2) is 4.00. The summed E-state index contributed by atoms with van der Waals surface area (Å²) in [6.07, 6.45) is 0. The fourth-order valence-corrected chi connectivity index (χ4v) is 2.12. The largest absolute Gasteiger partial charge is 0.384 e. The van der Waals surface area contributed by atoms with Gasteiger partial charge in [-0.3, -0.25) is 4.79 Å². The summed E-state index contributed by atoms with van der Waals surface area (Å²) in [5.41, 5.74) is 2.94. The topological polar surface area (TPSA) is 46.0 Å². The van der Waals surface area contributed by atoms with Crippen LogP contribution < -0.4 is 5.56 Å². The zero-order valence-corrected chi connectivity index (χ0v) is 9.70. The molecule has 2 rings (SSSR count). The molecule has 1 aromatic carbocycles. The van der Waals surface area contributed by atoms with Crippen LogP contribution in [0.5, 0.6) is 0 Å². The summed E-state index contributed by atoms with van der Waals surface area (Å²) in [5.74, 6) is 0.726. The van der Waals surface area contributed by atoms with E-state index in [0.717, 1.165) is 5.56 Å². The Bertz CT molecular complexity index is 551. The normalized spacial score (nSPS) is 12.7. The molecule has 1 unspecified atom stereocenters. The highest BCUT2D eigenvalue weighted by Crippen LogP contribution is 2.26. The molecule has 0 saturated heterocycles. The Labute approximate surface area is 94.1 Å². The van der Waals surface area contributed by atoms with Crippen molar-refractivity contribution >= 4 is 0 Å². The van der Waals surface area contributed by atoms with Crippen LogP contribution in [0.15, 0.2) is 33.6 Å². The highest BCUT2D eigenvalue weighted by molar-refractivity contribution is 5.36. The van der Waals surface area contributed by atoms with Gasteiger partial charge in [-0.25, -0.2) is 0 Å². The lowest BCUT2D eigenvalue weighted by atomic mass is 9.91. The zero-order valence-electron chi connectivity index (χ0n) is 9.70. The molecule has 16 heavy (non-hydrogen) atoms. The Balaban J connectivity index is 2.51. The molecule has 0 radical (unpaired) electrons. The van der Waals surface area contributed by atoms with Crippen molar-refractivity contribution in [3.05, 3.63) is 57.1 Å². The Morgan fingerprint density at radius 1 is 1.25 bits per heavy atom. The van der Waals surface area contributed by atoms with E-state index in [1.165, 1.54) is 5.56 Å². The fraction of sp³-hybridized carbons (Fsp3) is 0.308. The van der Waals surface area contributed by atoms with Crippen LogP contribution in [0, 0.1) is 13.8 Å². The van der Waals surface area contributed by atoms with Crippen molar-refractivity contribution in [3.8, 4) is 0 Å². The minimum absolute atomic E-state index is 0.0590. The molecule has 0 saturated carbocycles. The summed E-state index contributed by atoms with van der Waals surface area (Å²) < 4.78 is 5.04. The predicted octanol–water partition coefficient (Wildman–Crippen LogP) is 2.74. The maximum atomic E-state index is 11.6. The van der Waals surface area contributed by atoms with Gasteiger partial charge in [-0.15, -0.1) is 0 Å². The number of rotatable bonds is 2. The van der Waals surface area contributed by atoms with Crippen molar-refractivity contribution in [3.63, 3.8) is 0 Å². The van der Waals surface area contributed by atoms with E-state index in [-0.39, 0.29) is 11.5 Å². The van der Waals surface area contributed by atoms with Crippen molar-refractivity contribution < 1.29 is 4.52 Å². The Hall–Kier alpha value is -1.77. The molecule has 0 bridgehead atoms. The van der Waals surface area contributed by atoms with E-state index < -0.39 is 0 Å². The van der Waals surface area contributed by atoms with Crippen LogP contribution in [0.3, 0.4) is 0 Å². The number of aromatic amines is 1. The average Bonchev–Trinajstić information content (AvgIpc) is 2.58. The first-order chi connectivity index (χ1) is 7.61. The van der Waals surface area contributed by atoms with Crippen LogP contribution in [0.2, 0.25) is 0 Å². The van der Waals surface area contributed by atoms with Gasteiger partial charge in [0.15, 0.2) is 0 Å². The SMILES string of the molecule is Cc1ccccc1C(C)c1c(C)o[nH]c1=O. The highest BCUT2D eigenvalue weighted by atomic mass is 16.5. The van der Waals surface area contributed by atoms with E-state index >= 15 is 0 Å². The predicted molar refractivity (Wildman–Crippen MR) is 62.8 cm³/mol. The summed E-state index contributed by atoms with van der Waals surface area (Å²) in [6.45, 7) is 5.88. The molecule has 1 heterocycles. The first kappa shape index (κ1) is 10.7. The summed E-state index contributed by atoms with van der Waals surface area (Å²) in [5, 5.41) is 2.38. The molecule has 1 aromatic heterocycles. The Morgan fingerprint density at radius 3 is 2.50 bits per heavy atom. The van der Waals surface area contributed by atoms with Crippen molar-refractivity contribution in [1.82, 2.24) is 5.16 Å². The van der Waals surface area contributed by atoms with Crippen molar-refractivity contribution in [2.75, 3.05) is 0 Å². The van der Waals surface area contributed by atoms with E-state index in [2.05, 4.69) is 18.1 Å². The number of nitrogens with one attached hydrogen (secondary N) is 1. The Kier molecular flexibility index (Phi) is 2.69. The van der Waals surface area contributed by atoms with Crippen molar-refractivity contribution in [1.29, 1.82) is 0 Å². The molecule has 0 aliphatic carbocycles. The van der Waals surface area contributed by atoms with Crippen LogP contribution in [0.4, 0.5) is 0 Å². The fourth-order valence-electron chi connectivity index (χ4n) is 2.12. The molecule has 0 aliphatic rings. The van der Waals surface area contributed by atoms with E-state index in [1.807, 2.05) is 32.0 Å². The van der Waals surface area contributed by atoms with Gasteiger partial charge in [0.2, 0.25) is 0 Å². The standard InChI is InChI=1S/C13H15NO2/c1-8-6-4-5-7-11(8)9(2)12-10(3)16-14-13(12)15/h4-7,9H,1-3H3,(H,14,15). The van der Waals surface area contributed by atoms with Crippen LogP contribution in [-0.2, 0) is 0 Å². The minimum atomic E-state index is -0.131. The number of hydrogen-bond acceptors (Lipinski definition) is 2. The van der Waals surface area contributed by atoms with E-state index in [1.54, 1.807) is 0 Å². The molecule has 0 spiro atoms. The van der Waals surface area contributed by atoms with Crippen molar-refractivity contribution in [2.45, 2.75) is 26.7 Å². The maximum Gasteiger partial charge on any atom is 0.283 e. The molecular formula is C13H15NO2. The number of aromatic nitrogens is 1. The van der Waals surface area contributed by atoms with Gasteiger partial charge in [0.1, 0.15) is 5.76 Å². The molecule has 3 heteroatoms. The Morgan fingerprint density at radius 2 is 1.94 bits per heavy atom. The summed E-state index contributed by atoms with van der Waals surface area (Å²) in [4.78, 5) is 11.6. The van der Waals surface area contributed by atoms with E-state index in [9.17, 15) is 4.79 Å². The number of aryl methyl sites for hydroxylation is 2. The quantitative estimate of drug-likeness (QED) is 0.840. The monoisotopic (exact) mass is 217 g/mol. The summed E-state index contributed by atoms with van der Waals surface area (Å²) >= 11 is 0. The molecular weight excluding hydrogens is 202 g/mol. The third-order valence-electron chi connectivity index (χ3n) is 3.01. The summed E-state index contributed by atoms with van der Waals surface area (Å²) in [7, 11) is 0. The van der Waals surface area contributed by atoms with Gasteiger partial charge in [-0.2, -0.15) is 5.16 Å². The molecule has 0 amide bonds. The number of H-pyrrole nitrogens is 1. The van der Waals surface area contributed by atoms with Gasteiger partial charge < -0.3 is 4.52 Å². The second-order valence-corrected chi connectivity index (χ2v) is 4.08. The molecule has 1 atom stereocenters. The molecule has 1 N–H and O–H groups in total. The maximum absolute atomic E-state index is 11.6. The molecule has 3 nitrogen and oxygen atoms in total. The van der Waals surface area contributed by atoms with Crippen molar-refractivity contribution in [2.24, 2.45) is 0 Å². The molecule has 84 valence electrons. The van der Waals surface area contributed by atoms with Crippen LogP contribution >= 0.6 is 0 Å². The zero-order chi connectivity index (χ0) is 11.7. The van der Waals surface area contributed by atoms with Crippen LogP contribution in [0.25, 0.3) is 0 Å². The summed E-state index contributed by atoms with van der Waals surface area (Å²) in [6, 6.07) is 8.09. The van der Waals surface area contributed by atoms with Gasteiger partial charge >= 0.3 is 0 Å². The van der Waals surface area contributed by atoms with Gasteiger partial charge in [0, 0.05) is 5.92 Å². The second-order valence-electron chi connectivity index (χ2n) is 4.08.